The molecule has 0 aliphatic rings. The Kier molecular flexibility index (Phi) is 8.21. The molecule has 8 heteroatoms. The summed E-state index contributed by atoms with van der Waals surface area (Å²) in [5.74, 6) is -0.595. The molecule has 0 saturated heterocycles. The van der Waals surface area contributed by atoms with Crippen molar-refractivity contribution in [2.24, 2.45) is 0 Å². The van der Waals surface area contributed by atoms with Crippen LogP contribution < -0.4 is 15.4 Å². The molecule has 3 rings (SSSR count). The van der Waals surface area contributed by atoms with Gasteiger partial charge in [-0.3, -0.25) is 9.59 Å². The highest BCUT2D eigenvalue weighted by Gasteiger charge is 2.17. The summed E-state index contributed by atoms with van der Waals surface area (Å²) in [5, 5.41) is 5.51. The van der Waals surface area contributed by atoms with Crippen LogP contribution in [0.4, 0.5) is 5.69 Å². The Morgan fingerprint density at radius 3 is 2.36 bits per heavy atom. The van der Waals surface area contributed by atoms with E-state index in [0.29, 0.717) is 29.8 Å². The molecule has 7 nitrogen and oxygen atoms in total. The molecule has 2 aromatic carbocycles. The summed E-state index contributed by atoms with van der Waals surface area (Å²) in [7, 11) is 1.61. The van der Waals surface area contributed by atoms with E-state index in [2.05, 4.69) is 10.6 Å². The van der Waals surface area contributed by atoms with Crippen LogP contribution in [0.5, 0.6) is 5.75 Å². The number of ether oxygens (including phenoxy) is 2. The van der Waals surface area contributed by atoms with Crippen molar-refractivity contribution in [3.05, 3.63) is 81.0 Å². The Balaban J connectivity index is 1.53. The molecule has 1 aromatic heterocycles. The van der Waals surface area contributed by atoms with Gasteiger partial charge in [-0.2, -0.15) is 0 Å². The van der Waals surface area contributed by atoms with Crippen molar-refractivity contribution in [3.63, 3.8) is 0 Å². The lowest BCUT2D eigenvalue weighted by atomic mass is 10.1. The second-order valence-corrected chi connectivity index (χ2v) is 8.81. The van der Waals surface area contributed by atoms with Crippen LogP contribution in [0.1, 0.15) is 36.0 Å². The molecule has 0 aliphatic carbocycles. The number of hydrogen-bond donors (Lipinski definition) is 2. The lowest BCUT2D eigenvalue weighted by molar-refractivity contribution is -0.119. The SMILES string of the molecule is COc1ccc(CCNC(=O)c2ccccc2NC(=O)COC(=O)c2cc(C)sc2C)cc1. The number of nitrogens with one attached hydrogen (secondary N) is 2. The summed E-state index contributed by atoms with van der Waals surface area (Å²) in [6, 6.07) is 16.1. The quantitative estimate of drug-likeness (QED) is 0.462. The predicted molar refractivity (Wildman–Crippen MR) is 128 cm³/mol. The zero-order valence-electron chi connectivity index (χ0n) is 18.8. The van der Waals surface area contributed by atoms with Gasteiger partial charge >= 0.3 is 5.97 Å². The molecule has 0 atom stereocenters. The first-order chi connectivity index (χ1) is 15.9. The molecule has 0 saturated carbocycles. The third-order valence-electron chi connectivity index (χ3n) is 4.90. The number of rotatable bonds is 9. The molecule has 0 radical (unpaired) electrons. The zero-order chi connectivity index (χ0) is 23.8. The molecule has 33 heavy (non-hydrogen) atoms. The fourth-order valence-electron chi connectivity index (χ4n) is 3.23. The highest BCUT2D eigenvalue weighted by atomic mass is 32.1. The van der Waals surface area contributed by atoms with Gasteiger partial charge in [-0.15, -0.1) is 11.3 Å². The molecule has 1 heterocycles. The van der Waals surface area contributed by atoms with Crippen LogP contribution in [0.3, 0.4) is 0 Å². The maximum Gasteiger partial charge on any atom is 0.339 e. The van der Waals surface area contributed by atoms with E-state index >= 15 is 0 Å². The van der Waals surface area contributed by atoms with Gasteiger partial charge in [-0.1, -0.05) is 24.3 Å². The molecular formula is C25H26N2O5S. The highest BCUT2D eigenvalue weighted by molar-refractivity contribution is 7.12. The van der Waals surface area contributed by atoms with E-state index in [0.717, 1.165) is 21.1 Å². The Hall–Kier alpha value is -3.65. The fourth-order valence-corrected chi connectivity index (χ4v) is 4.14. The molecule has 2 N–H and O–H groups in total. The van der Waals surface area contributed by atoms with Gasteiger partial charge in [0.1, 0.15) is 5.75 Å². The van der Waals surface area contributed by atoms with Crippen molar-refractivity contribution >= 4 is 34.8 Å². The third-order valence-corrected chi connectivity index (χ3v) is 5.87. The summed E-state index contributed by atoms with van der Waals surface area (Å²) < 4.78 is 10.3. The lowest BCUT2D eigenvalue weighted by Crippen LogP contribution is -2.28. The minimum absolute atomic E-state index is 0.305. The van der Waals surface area contributed by atoms with Gasteiger partial charge in [-0.05, 0) is 56.2 Å². The van der Waals surface area contributed by atoms with Gasteiger partial charge in [0.25, 0.3) is 11.8 Å². The summed E-state index contributed by atoms with van der Waals surface area (Å²) in [6.45, 7) is 3.73. The Labute approximate surface area is 196 Å². The molecule has 0 unspecified atom stereocenters. The van der Waals surface area contributed by atoms with Crippen molar-refractivity contribution < 1.29 is 23.9 Å². The zero-order valence-corrected chi connectivity index (χ0v) is 19.6. The highest BCUT2D eigenvalue weighted by Crippen LogP contribution is 2.21. The third kappa shape index (κ3) is 6.66. The van der Waals surface area contributed by atoms with Gasteiger partial charge in [0.15, 0.2) is 6.61 Å². The van der Waals surface area contributed by atoms with Crippen LogP contribution in [-0.2, 0) is 16.0 Å². The number of anilines is 1. The number of benzene rings is 2. The van der Waals surface area contributed by atoms with Crippen LogP contribution in [0.15, 0.2) is 54.6 Å². The van der Waals surface area contributed by atoms with E-state index in [1.165, 1.54) is 11.3 Å². The van der Waals surface area contributed by atoms with E-state index in [1.807, 2.05) is 38.1 Å². The Morgan fingerprint density at radius 2 is 1.70 bits per heavy atom. The van der Waals surface area contributed by atoms with Gasteiger partial charge in [0.2, 0.25) is 0 Å². The number of para-hydroxylation sites is 1. The minimum atomic E-state index is -0.545. The Bertz CT molecular complexity index is 1140. The summed E-state index contributed by atoms with van der Waals surface area (Å²) >= 11 is 1.49. The maximum atomic E-state index is 12.7. The number of aryl methyl sites for hydroxylation is 2. The summed E-state index contributed by atoms with van der Waals surface area (Å²) in [6.07, 6.45) is 0.654. The van der Waals surface area contributed by atoms with Crippen LogP contribution in [0.2, 0.25) is 0 Å². The van der Waals surface area contributed by atoms with E-state index in [9.17, 15) is 14.4 Å². The monoisotopic (exact) mass is 466 g/mol. The van der Waals surface area contributed by atoms with Crippen LogP contribution in [0.25, 0.3) is 0 Å². The summed E-state index contributed by atoms with van der Waals surface area (Å²) in [4.78, 5) is 39.1. The average Bonchev–Trinajstić information content (AvgIpc) is 3.16. The predicted octanol–water partition coefficient (Wildman–Crippen LogP) is 4.14. The second-order valence-electron chi connectivity index (χ2n) is 7.35. The number of esters is 1. The number of carbonyl (C=O) groups excluding carboxylic acids is 3. The standard InChI is InChI=1S/C25H26N2O5S/c1-16-14-21(17(2)33-16)25(30)32-15-23(28)27-22-7-5-4-6-20(22)24(29)26-13-12-18-8-10-19(31-3)11-9-18/h4-11,14H,12-13,15H2,1-3H3,(H,26,29)(H,27,28). The van der Waals surface area contributed by atoms with E-state index < -0.39 is 18.5 Å². The topological polar surface area (TPSA) is 93.7 Å². The first-order valence-corrected chi connectivity index (χ1v) is 11.2. The number of carbonyl (C=O) groups is 3. The normalized spacial score (nSPS) is 10.4. The van der Waals surface area contributed by atoms with Crippen molar-refractivity contribution in [1.29, 1.82) is 0 Å². The van der Waals surface area contributed by atoms with Crippen LogP contribution >= 0.6 is 11.3 Å². The number of thiophene rings is 1. The number of methoxy groups -OCH3 is 1. The first-order valence-electron chi connectivity index (χ1n) is 10.4. The van der Waals surface area contributed by atoms with Crippen LogP contribution in [-0.4, -0.2) is 38.0 Å². The molecular weight excluding hydrogens is 440 g/mol. The van der Waals surface area contributed by atoms with Gasteiger partial charge < -0.3 is 20.1 Å². The van der Waals surface area contributed by atoms with Gasteiger partial charge in [0, 0.05) is 16.3 Å². The number of amides is 2. The molecule has 172 valence electrons. The summed E-state index contributed by atoms with van der Waals surface area (Å²) in [5.41, 5.74) is 2.21. The molecule has 0 bridgehead atoms. The molecule has 0 spiro atoms. The van der Waals surface area contributed by atoms with Crippen molar-refractivity contribution in [2.75, 3.05) is 25.6 Å². The van der Waals surface area contributed by atoms with Crippen molar-refractivity contribution in [3.8, 4) is 5.75 Å². The molecule has 0 aliphatic heterocycles. The van der Waals surface area contributed by atoms with E-state index in [1.54, 1.807) is 37.4 Å². The smallest absolute Gasteiger partial charge is 0.339 e. The maximum absolute atomic E-state index is 12.7. The van der Waals surface area contributed by atoms with Crippen molar-refractivity contribution in [2.45, 2.75) is 20.3 Å². The van der Waals surface area contributed by atoms with Gasteiger partial charge in [0.05, 0.1) is 23.9 Å². The first kappa shape index (κ1) is 24.0. The largest absolute Gasteiger partial charge is 0.497 e. The van der Waals surface area contributed by atoms with Crippen LogP contribution in [0, 0.1) is 13.8 Å². The number of hydrogen-bond acceptors (Lipinski definition) is 6. The van der Waals surface area contributed by atoms with Crippen molar-refractivity contribution in [1.82, 2.24) is 5.32 Å². The van der Waals surface area contributed by atoms with E-state index in [4.69, 9.17) is 9.47 Å². The lowest BCUT2D eigenvalue weighted by Gasteiger charge is -2.12. The average molecular weight is 467 g/mol. The van der Waals surface area contributed by atoms with E-state index in [-0.39, 0.29) is 5.91 Å². The minimum Gasteiger partial charge on any atom is -0.497 e. The molecule has 2 amide bonds. The Morgan fingerprint density at radius 1 is 0.970 bits per heavy atom. The van der Waals surface area contributed by atoms with Gasteiger partial charge in [-0.25, -0.2) is 4.79 Å². The second kappa shape index (κ2) is 11.3. The molecule has 0 fully saturated rings. The fraction of sp³-hybridized carbons (Fsp3) is 0.240. The molecule has 3 aromatic rings.